The van der Waals surface area contributed by atoms with Gasteiger partial charge in [-0.3, -0.25) is 0 Å². The van der Waals surface area contributed by atoms with Crippen LogP contribution in [-0.2, 0) is 11.2 Å². The Morgan fingerprint density at radius 2 is 2.17 bits per heavy atom. The molecule has 2 aromatic carbocycles. The molecule has 0 amide bonds. The lowest BCUT2D eigenvalue weighted by atomic mass is 10.1. The maximum absolute atomic E-state index is 14.3. The summed E-state index contributed by atoms with van der Waals surface area (Å²) in [5.41, 5.74) is 1.76. The summed E-state index contributed by atoms with van der Waals surface area (Å²) in [4.78, 5) is 14.8. The number of carboxylic acid groups (broad SMARTS) is 1. The van der Waals surface area contributed by atoms with E-state index in [2.05, 4.69) is 10.3 Å². The number of nitrogens with one attached hydrogen (secondary N) is 1. The number of carbonyl (C=O) groups excluding carboxylic acids is 1. The maximum Gasteiger partial charge on any atom is 0.300 e. The minimum atomic E-state index is -1.37. The summed E-state index contributed by atoms with van der Waals surface area (Å²) in [6.45, 7) is 1.87. The van der Waals surface area contributed by atoms with Crippen molar-refractivity contribution in [2.75, 3.05) is 5.32 Å². The van der Waals surface area contributed by atoms with Gasteiger partial charge >= 0.3 is 0 Å². The normalized spacial score (nSPS) is 10.9. The first kappa shape index (κ1) is 15.3. The third-order valence-corrected chi connectivity index (χ3v) is 3.59. The van der Waals surface area contributed by atoms with Gasteiger partial charge in [0, 0.05) is 23.1 Å². The van der Waals surface area contributed by atoms with Crippen LogP contribution in [0.1, 0.15) is 11.1 Å². The molecule has 0 radical (unpaired) electrons. The van der Waals surface area contributed by atoms with E-state index < -0.39 is 18.2 Å². The average molecular weight is 334 g/mol. The van der Waals surface area contributed by atoms with E-state index in [1.165, 1.54) is 12.1 Å². The van der Waals surface area contributed by atoms with Crippen molar-refractivity contribution in [3.8, 4) is 0 Å². The number of halogens is 2. The molecule has 1 heterocycles. The van der Waals surface area contributed by atoms with Crippen LogP contribution in [0.15, 0.2) is 34.7 Å². The largest absolute Gasteiger partial charge is 0.550 e. The van der Waals surface area contributed by atoms with E-state index in [4.69, 9.17) is 16.0 Å². The fourth-order valence-electron chi connectivity index (χ4n) is 2.19. The molecule has 23 heavy (non-hydrogen) atoms. The van der Waals surface area contributed by atoms with Gasteiger partial charge in [0.25, 0.3) is 6.01 Å². The highest BCUT2D eigenvalue weighted by atomic mass is 35.5. The van der Waals surface area contributed by atoms with E-state index in [1.807, 2.05) is 13.0 Å². The number of fused-ring (bicyclic) bond motifs is 1. The first-order chi connectivity index (χ1) is 10.9. The zero-order chi connectivity index (χ0) is 16.6. The highest BCUT2D eigenvalue weighted by Crippen LogP contribution is 2.28. The molecule has 0 aliphatic carbocycles. The Bertz CT molecular complexity index is 908. The summed E-state index contributed by atoms with van der Waals surface area (Å²) >= 11 is 5.94. The Hall–Kier alpha value is -2.60. The van der Waals surface area contributed by atoms with Crippen LogP contribution in [0.2, 0.25) is 5.02 Å². The van der Waals surface area contributed by atoms with Crippen molar-refractivity contribution in [2.45, 2.75) is 13.3 Å². The zero-order valence-electron chi connectivity index (χ0n) is 12.0. The topological polar surface area (TPSA) is 78.2 Å². The van der Waals surface area contributed by atoms with Crippen LogP contribution in [0.4, 0.5) is 16.1 Å². The van der Waals surface area contributed by atoms with E-state index in [1.54, 1.807) is 12.1 Å². The predicted octanol–water partition coefficient (Wildman–Crippen LogP) is 2.96. The lowest BCUT2D eigenvalue weighted by molar-refractivity contribution is -0.304. The van der Waals surface area contributed by atoms with Gasteiger partial charge in [-0.05, 0) is 36.2 Å². The van der Waals surface area contributed by atoms with E-state index in [0.717, 1.165) is 5.56 Å². The van der Waals surface area contributed by atoms with E-state index >= 15 is 0 Å². The van der Waals surface area contributed by atoms with Crippen LogP contribution in [0.5, 0.6) is 0 Å². The van der Waals surface area contributed by atoms with Crippen LogP contribution in [0, 0.1) is 12.7 Å². The van der Waals surface area contributed by atoms with Gasteiger partial charge in [0.2, 0.25) is 0 Å². The molecule has 0 atom stereocenters. The fourth-order valence-corrected chi connectivity index (χ4v) is 2.36. The summed E-state index contributed by atoms with van der Waals surface area (Å²) in [7, 11) is 0. The minimum absolute atomic E-state index is 0.0147. The molecule has 5 nitrogen and oxygen atoms in total. The number of nitrogens with zero attached hydrogens (tertiary/aromatic N) is 1. The van der Waals surface area contributed by atoms with Crippen molar-refractivity contribution in [2.24, 2.45) is 0 Å². The molecule has 0 saturated carbocycles. The number of aryl methyl sites for hydroxylation is 1. The minimum Gasteiger partial charge on any atom is -0.550 e. The van der Waals surface area contributed by atoms with Crippen molar-refractivity contribution in [1.82, 2.24) is 4.98 Å². The Morgan fingerprint density at radius 3 is 2.91 bits per heavy atom. The number of benzene rings is 2. The Kier molecular flexibility index (Phi) is 3.92. The van der Waals surface area contributed by atoms with Gasteiger partial charge in [0.1, 0.15) is 5.52 Å². The highest BCUT2D eigenvalue weighted by molar-refractivity contribution is 6.30. The van der Waals surface area contributed by atoms with E-state index in [-0.39, 0.29) is 22.7 Å². The molecule has 0 saturated heterocycles. The monoisotopic (exact) mass is 333 g/mol. The standard InChI is InChI=1S/C16H12ClFN2O3/c1-8-2-4-10(17)7-12(8)20-16-19-11-5-3-9(6-13(21)22)14(18)15(11)23-16/h2-5,7H,6H2,1H3,(H,19,20)(H,21,22)/p-1. The number of anilines is 2. The van der Waals surface area contributed by atoms with Gasteiger partial charge in [-0.2, -0.15) is 4.98 Å². The molecule has 1 aromatic heterocycles. The van der Waals surface area contributed by atoms with Crippen molar-refractivity contribution >= 4 is 40.4 Å². The van der Waals surface area contributed by atoms with Crippen LogP contribution < -0.4 is 10.4 Å². The number of oxazole rings is 1. The molecule has 0 unspecified atom stereocenters. The van der Waals surface area contributed by atoms with Gasteiger partial charge in [0.15, 0.2) is 11.4 Å². The van der Waals surface area contributed by atoms with Gasteiger partial charge in [-0.1, -0.05) is 23.7 Å². The molecule has 0 bridgehead atoms. The summed E-state index contributed by atoms with van der Waals surface area (Å²) in [6, 6.07) is 8.21. The smallest absolute Gasteiger partial charge is 0.300 e. The molecule has 1 N–H and O–H groups in total. The Labute approximate surface area is 135 Å². The second-order valence-corrected chi connectivity index (χ2v) is 5.48. The number of aromatic nitrogens is 1. The molecular formula is C16H11ClFN2O3-. The van der Waals surface area contributed by atoms with Gasteiger partial charge < -0.3 is 19.6 Å². The predicted molar refractivity (Wildman–Crippen MR) is 82.1 cm³/mol. The van der Waals surface area contributed by atoms with Crippen molar-refractivity contribution in [1.29, 1.82) is 0 Å². The van der Waals surface area contributed by atoms with Crippen LogP contribution in [0.25, 0.3) is 11.1 Å². The Morgan fingerprint density at radius 1 is 1.39 bits per heavy atom. The van der Waals surface area contributed by atoms with Gasteiger partial charge in [-0.15, -0.1) is 0 Å². The first-order valence-electron chi connectivity index (χ1n) is 6.75. The molecule has 0 aliphatic heterocycles. The molecular weight excluding hydrogens is 323 g/mol. The SMILES string of the molecule is Cc1ccc(Cl)cc1Nc1nc2ccc(CC(=O)[O-])c(F)c2o1. The Balaban J connectivity index is 1.98. The highest BCUT2D eigenvalue weighted by Gasteiger charge is 2.15. The number of hydrogen-bond acceptors (Lipinski definition) is 5. The number of aliphatic carboxylic acids is 1. The first-order valence-corrected chi connectivity index (χ1v) is 7.13. The van der Waals surface area contributed by atoms with Crippen molar-refractivity contribution in [3.63, 3.8) is 0 Å². The number of carboxylic acids is 1. The molecule has 118 valence electrons. The molecule has 3 rings (SSSR count). The molecule has 0 spiro atoms. The number of carbonyl (C=O) groups is 1. The summed E-state index contributed by atoms with van der Waals surface area (Å²) in [6.07, 6.45) is -0.529. The number of rotatable bonds is 4. The lowest BCUT2D eigenvalue weighted by Crippen LogP contribution is -2.24. The van der Waals surface area contributed by atoms with Crippen molar-refractivity contribution < 1.29 is 18.7 Å². The van der Waals surface area contributed by atoms with Gasteiger partial charge in [-0.25, -0.2) is 4.39 Å². The molecule has 7 heteroatoms. The lowest BCUT2D eigenvalue weighted by Gasteiger charge is -2.05. The number of hydrogen-bond donors (Lipinski definition) is 1. The summed E-state index contributed by atoms with van der Waals surface area (Å²) in [5, 5.41) is 14.1. The third kappa shape index (κ3) is 3.12. The summed E-state index contributed by atoms with van der Waals surface area (Å²) < 4.78 is 19.6. The van der Waals surface area contributed by atoms with Gasteiger partial charge in [0.05, 0.1) is 0 Å². The molecule has 0 aliphatic rings. The molecule has 3 aromatic rings. The molecule has 0 fully saturated rings. The van der Waals surface area contributed by atoms with Crippen LogP contribution in [0.3, 0.4) is 0 Å². The van der Waals surface area contributed by atoms with Crippen molar-refractivity contribution in [3.05, 3.63) is 52.3 Å². The van der Waals surface area contributed by atoms with E-state index in [9.17, 15) is 14.3 Å². The average Bonchev–Trinajstić information content (AvgIpc) is 2.89. The quantitative estimate of drug-likeness (QED) is 0.794. The maximum atomic E-state index is 14.3. The zero-order valence-corrected chi connectivity index (χ0v) is 12.8. The fraction of sp³-hybridized carbons (Fsp3) is 0.125. The second kappa shape index (κ2) is 5.89. The van der Waals surface area contributed by atoms with E-state index in [0.29, 0.717) is 10.7 Å². The van der Waals surface area contributed by atoms with Crippen LogP contribution >= 0.6 is 11.6 Å². The second-order valence-electron chi connectivity index (χ2n) is 5.04. The van der Waals surface area contributed by atoms with Crippen LogP contribution in [-0.4, -0.2) is 11.0 Å². The summed E-state index contributed by atoms with van der Waals surface area (Å²) in [5.74, 6) is -2.12. The third-order valence-electron chi connectivity index (χ3n) is 3.35.